The molecule has 0 bridgehead atoms. The third-order valence-corrected chi connectivity index (χ3v) is 5.01. The number of fused-ring (bicyclic) bond motifs is 3. The lowest BCUT2D eigenvalue weighted by Gasteiger charge is -2.14. The van der Waals surface area contributed by atoms with Crippen LogP contribution in [0.5, 0.6) is 0 Å². The van der Waals surface area contributed by atoms with Gasteiger partial charge in [0.1, 0.15) is 13.5 Å². The van der Waals surface area contributed by atoms with Crippen molar-refractivity contribution in [3.63, 3.8) is 0 Å². The SMILES string of the molecule is O=C(c1nc2n(n1)-c1ccc(Cl)cc1C(c1ccccc1Cl)=NC2)N(CO)CO. The molecule has 0 saturated heterocycles. The summed E-state index contributed by atoms with van der Waals surface area (Å²) < 4.78 is 1.51. The van der Waals surface area contributed by atoms with Crippen molar-refractivity contribution < 1.29 is 15.0 Å². The van der Waals surface area contributed by atoms with Crippen LogP contribution in [-0.2, 0) is 6.54 Å². The Hall–Kier alpha value is -2.78. The van der Waals surface area contributed by atoms with Crippen molar-refractivity contribution in [2.45, 2.75) is 6.54 Å². The van der Waals surface area contributed by atoms with E-state index < -0.39 is 19.4 Å². The summed E-state index contributed by atoms with van der Waals surface area (Å²) in [5.74, 6) is -0.420. The minimum atomic E-state index is -0.693. The second-order valence-corrected chi connectivity index (χ2v) is 7.04. The van der Waals surface area contributed by atoms with Gasteiger partial charge < -0.3 is 10.2 Å². The van der Waals surface area contributed by atoms with Gasteiger partial charge in [-0.25, -0.2) is 9.67 Å². The molecule has 0 unspecified atom stereocenters. The van der Waals surface area contributed by atoms with E-state index in [2.05, 4.69) is 15.1 Å². The zero-order chi connectivity index (χ0) is 20.5. The Morgan fingerprint density at radius 3 is 2.59 bits per heavy atom. The maximum Gasteiger partial charge on any atom is 0.297 e. The van der Waals surface area contributed by atoms with Gasteiger partial charge in [-0.15, -0.1) is 5.10 Å². The van der Waals surface area contributed by atoms with Crippen LogP contribution in [0.15, 0.2) is 47.5 Å². The predicted octanol–water partition coefficient (Wildman–Crippen LogP) is 2.27. The topological polar surface area (TPSA) is 104 Å². The molecule has 1 amide bonds. The number of rotatable bonds is 4. The molecule has 0 spiro atoms. The highest BCUT2D eigenvalue weighted by molar-refractivity contribution is 6.36. The number of aliphatic hydroxyl groups is 2. The number of carbonyl (C=O) groups is 1. The molecule has 148 valence electrons. The number of hydrogen-bond acceptors (Lipinski definition) is 6. The summed E-state index contributed by atoms with van der Waals surface area (Å²) in [7, 11) is 0. The van der Waals surface area contributed by atoms with E-state index >= 15 is 0 Å². The summed E-state index contributed by atoms with van der Waals surface area (Å²) in [6.45, 7) is -1.16. The Labute approximate surface area is 175 Å². The lowest BCUT2D eigenvalue weighted by molar-refractivity contribution is 0.0229. The zero-order valence-electron chi connectivity index (χ0n) is 15.0. The number of hydrogen-bond donors (Lipinski definition) is 2. The first-order chi connectivity index (χ1) is 14.0. The van der Waals surface area contributed by atoms with Gasteiger partial charge in [0.15, 0.2) is 5.82 Å². The fourth-order valence-electron chi connectivity index (χ4n) is 3.05. The van der Waals surface area contributed by atoms with Crippen LogP contribution in [0.25, 0.3) is 5.69 Å². The Balaban J connectivity index is 1.87. The van der Waals surface area contributed by atoms with Crippen molar-refractivity contribution in [3.8, 4) is 5.69 Å². The van der Waals surface area contributed by atoms with Gasteiger partial charge in [0.2, 0.25) is 5.82 Å². The molecule has 4 rings (SSSR count). The smallest absolute Gasteiger partial charge is 0.297 e. The van der Waals surface area contributed by atoms with Crippen molar-refractivity contribution in [1.82, 2.24) is 19.7 Å². The number of amides is 1. The van der Waals surface area contributed by atoms with E-state index in [0.29, 0.717) is 32.8 Å². The summed E-state index contributed by atoms with van der Waals surface area (Å²) in [5, 5.41) is 23.8. The highest BCUT2D eigenvalue weighted by Crippen LogP contribution is 2.29. The third kappa shape index (κ3) is 3.51. The fraction of sp³-hybridized carbons (Fsp3) is 0.158. The number of halogens is 2. The van der Waals surface area contributed by atoms with Crippen LogP contribution in [0.4, 0.5) is 0 Å². The molecule has 0 aliphatic carbocycles. The van der Waals surface area contributed by atoms with E-state index in [1.807, 2.05) is 18.2 Å². The fourth-order valence-corrected chi connectivity index (χ4v) is 3.44. The molecule has 0 radical (unpaired) electrons. The van der Waals surface area contributed by atoms with E-state index in [-0.39, 0.29) is 12.4 Å². The van der Waals surface area contributed by atoms with Gasteiger partial charge in [-0.3, -0.25) is 14.7 Å². The average molecular weight is 432 g/mol. The molecule has 2 N–H and O–H groups in total. The van der Waals surface area contributed by atoms with Crippen molar-refractivity contribution in [3.05, 3.63) is 75.3 Å². The summed E-state index contributed by atoms with van der Waals surface area (Å²) in [5.41, 5.74) is 2.70. The lowest BCUT2D eigenvalue weighted by Crippen LogP contribution is -2.33. The van der Waals surface area contributed by atoms with Crippen molar-refractivity contribution >= 4 is 34.8 Å². The number of aliphatic hydroxyl groups excluding tert-OH is 2. The average Bonchev–Trinajstić information content (AvgIpc) is 3.08. The lowest BCUT2D eigenvalue weighted by atomic mass is 10.0. The first kappa shape index (κ1) is 19.5. The Morgan fingerprint density at radius 2 is 1.86 bits per heavy atom. The third-order valence-electron chi connectivity index (χ3n) is 4.44. The van der Waals surface area contributed by atoms with Gasteiger partial charge in [-0.2, -0.15) is 0 Å². The molecule has 2 heterocycles. The quantitative estimate of drug-likeness (QED) is 0.616. The van der Waals surface area contributed by atoms with E-state index in [4.69, 9.17) is 23.2 Å². The van der Waals surface area contributed by atoms with Crippen LogP contribution >= 0.6 is 23.2 Å². The van der Waals surface area contributed by atoms with E-state index in [9.17, 15) is 15.0 Å². The Kier molecular flexibility index (Phi) is 5.33. The van der Waals surface area contributed by atoms with E-state index in [0.717, 1.165) is 10.5 Å². The summed E-state index contributed by atoms with van der Waals surface area (Å²) in [6.07, 6.45) is 0. The first-order valence-corrected chi connectivity index (χ1v) is 9.35. The van der Waals surface area contributed by atoms with Gasteiger partial charge in [0.25, 0.3) is 5.91 Å². The molecule has 0 saturated carbocycles. The second-order valence-electron chi connectivity index (χ2n) is 6.20. The standard InChI is InChI=1S/C19H15Cl2N5O3/c20-11-5-6-15-13(7-11)17(12-3-1-2-4-14(12)21)22-8-16-23-18(24-26(15)16)19(29)25(9-27)10-28/h1-7,27-28H,8-10H2. The van der Waals surface area contributed by atoms with Crippen molar-refractivity contribution in [2.24, 2.45) is 4.99 Å². The number of benzene rings is 2. The molecule has 1 aliphatic rings. The van der Waals surface area contributed by atoms with Gasteiger partial charge in [-0.05, 0) is 24.3 Å². The van der Waals surface area contributed by atoms with Gasteiger partial charge in [0, 0.05) is 21.2 Å². The molecule has 3 aromatic rings. The highest BCUT2D eigenvalue weighted by atomic mass is 35.5. The normalized spacial score (nSPS) is 12.6. The minimum Gasteiger partial charge on any atom is -0.376 e. The van der Waals surface area contributed by atoms with Crippen molar-refractivity contribution in [1.29, 1.82) is 0 Å². The maximum atomic E-state index is 12.4. The number of aliphatic imine (C=N–C) groups is 1. The maximum absolute atomic E-state index is 12.4. The first-order valence-electron chi connectivity index (χ1n) is 8.60. The number of nitrogens with zero attached hydrogens (tertiary/aromatic N) is 5. The largest absolute Gasteiger partial charge is 0.376 e. The van der Waals surface area contributed by atoms with Crippen LogP contribution in [0.1, 0.15) is 27.6 Å². The van der Waals surface area contributed by atoms with E-state index in [1.165, 1.54) is 4.68 Å². The van der Waals surface area contributed by atoms with E-state index in [1.54, 1.807) is 24.3 Å². The second kappa shape index (κ2) is 7.92. The molecular formula is C19H15Cl2N5O3. The molecule has 29 heavy (non-hydrogen) atoms. The highest BCUT2D eigenvalue weighted by Gasteiger charge is 2.26. The van der Waals surface area contributed by atoms with Gasteiger partial charge in [0.05, 0.1) is 17.9 Å². The molecular weight excluding hydrogens is 417 g/mol. The molecule has 10 heteroatoms. The van der Waals surface area contributed by atoms with Gasteiger partial charge in [-0.1, -0.05) is 41.4 Å². The number of carbonyl (C=O) groups excluding carboxylic acids is 1. The van der Waals surface area contributed by atoms with Crippen molar-refractivity contribution in [2.75, 3.05) is 13.5 Å². The zero-order valence-corrected chi connectivity index (χ0v) is 16.5. The Morgan fingerprint density at radius 1 is 1.10 bits per heavy atom. The predicted molar refractivity (Wildman–Crippen MR) is 108 cm³/mol. The van der Waals surface area contributed by atoms with Crippen LogP contribution in [0.3, 0.4) is 0 Å². The monoisotopic (exact) mass is 431 g/mol. The molecule has 0 fully saturated rings. The van der Waals surface area contributed by atoms with Crippen LogP contribution < -0.4 is 0 Å². The van der Waals surface area contributed by atoms with Crippen LogP contribution in [0.2, 0.25) is 10.0 Å². The molecule has 1 aromatic heterocycles. The molecule has 0 atom stereocenters. The molecule has 1 aliphatic heterocycles. The summed E-state index contributed by atoms with van der Waals surface area (Å²) in [6, 6.07) is 12.6. The van der Waals surface area contributed by atoms with Crippen LogP contribution in [-0.4, -0.2) is 55.0 Å². The Bertz CT molecular complexity index is 1120. The minimum absolute atomic E-state index is 0.144. The summed E-state index contributed by atoms with van der Waals surface area (Å²) in [4.78, 5) is 22.1. The van der Waals surface area contributed by atoms with Crippen LogP contribution in [0, 0.1) is 0 Å². The molecule has 8 nitrogen and oxygen atoms in total. The summed E-state index contributed by atoms with van der Waals surface area (Å²) >= 11 is 12.6. The molecule has 2 aromatic carbocycles. The number of aromatic nitrogens is 3. The van der Waals surface area contributed by atoms with Gasteiger partial charge >= 0.3 is 0 Å².